The topological polar surface area (TPSA) is 26.3 Å². The Morgan fingerprint density at radius 3 is 2.05 bits per heavy atom. The van der Waals surface area contributed by atoms with Gasteiger partial charge in [-0.2, -0.15) is 0 Å². The minimum absolute atomic E-state index is 0.184. The summed E-state index contributed by atoms with van der Waals surface area (Å²) in [6.07, 6.45) is 5.50. The number of allylic oxidation sites excluding steroid dienone is 2. The Bertz CT molecular complexity index is 357. The quantitative estimate of drug-likeness (QED) is 0.225. The van der Waals surface area contributed by atoms with Gasteiger partial charge in [-0.15, -0.1) is 0 Å². The summed E-state index contributed by atoms with van der Waals surface area (Å²) < 4.78 is 5.10. The summed E-state index contributed by atoms with van der Waals surface area (Å²) in [6, 6.07) is 3.84. The van der Waals surface area contributed by atoms with Crippen molar-refractivity contribution in [3.63, 3.8) is 0 Å². The number of carbonyl (C=O) groups is 1. The predicted molar refractivity (Wildman–Crippen MR) is 95.2 cm³/mol. The van der Waals surface area contributed by atoms with Gasteiger partial charge in [0.05, 0.1) is 14.7 Å². The Morgan fingerprint density at radius 1 is 1.05 bits per heavy atom. The van der Waals surface area contributed by atoms with Gasteiger partial charge in [0.2, 0.25) is 0 Å². The lowest BCUT2D eigenvalue weighted by Gasteiger charge is -2.25. The van der Waals surface area contributed by atoms with Gasteiger partial charge in [0.1, 0.15) is 0 Å². The van der Waals surface area contributed by atoms with Crippen LogP contribution in [0.3, 0.4) is 0 Å². The van der Waals surface area contributed by atoms with Crippen molar-refractivity contribution in [2.24, 2.45) is 0 Å². The molecule has 0 radical (unpaired) electrons. The van der Waals surface area contributed by atoms with E-state index in [2.05, 4.69) is 39.5 Å². The van der Waals surface area contributed by atoms with E-state index in [9.17, 15) is 4.79 Å². The van der Waals surface area contributed by atoms with Crippen molar-refractivity contribution in [1.29, 1.82) is 0 Å². The molecule has 0 aliphatic carbocycles. The zero-order valence-electron chi connectivity index (χ0n) is 14.9. The van der Waals surface area contributed by atoms with Crippen molar-refractivity contribution >= 4 is 14.0 Å². The van der Waals surface area contributed by atoms with Crippen LogP contribution < -0.4 is 0 Å². The van der Waals surface area contributed by atoms with E-state index in [0.717, 1.165) is 12.0 Å². The van der Waals surface area contributed by atoms with Gasteiger partial charge in [-0.3, -0.25) is 0 Å². The number of esters is 1. The number of carbonyl (C=O) groups excluding carboxylic acids is 1. The first-order valence-corrected chi connectivity index (χ1v) is 11.3. The fourth-order valence-corrected chi connectivity index (χ4v) is 5.72. The summed E-state index contributed by atoms with van der Waals surface area (Å²) in [5, 5.41) is 0. The SMILES string of the molecule is CCCCC(=C\[Si](CC)(CC)CC)/C=C(\C)C(=O)OCC. The maximum atomic E-state index is 11.8. The van der Waals surface area contributed by atoms with Gasteiger partial charge in [0.15, 0.2) is 0 Å². The third kappa shape index (κ3) is 7.12. The van der Waals surface area contributed by atoms with E-state index in [-0.39, 0.29) is 5.97 Å². The molecular weight excluding hydrogens is 276 g/mol. The Labute approximate surface area is 132 Å². The van der Waals surface area contributed by atoms with Crippen molar-refractivity contribution in [2.75, 3.05) is 6.61 Å². The first-order chi connectivity index (χ1) is 9.98. The maximum absolute atomic E-state index is 11.8. The molecular formula is C18H34O2Si. The largest absolute Gasteiger partial charge is 0.463 e. The van der Waals surface area contributed by atoms with Crippen LogP contribution in [0.25, 0.3) is 0 Å². The average molecular weight is 311 g/mol. The molecule has 21 heavy (non-hydrogen) atoms. The van der Waals surface area contributed by atoms with Crippen LogP contribution in [0.2, 0.25) is 18.1 Å². The Kier molecular flexibility index (Phi) is 10.4. The zero-order valence-corrected chi connectivity index (χ0v) is 15.9. The number of hydrogen-bond donors (Lipinski definition) is 0. The molecule has 0 atom stereocenters. The standard InChI is InChI=1S/C18H34O2Si/c1-7-12-13-17(14-16(6)18(19)20-8-2)15-21(9-3,10-4)11-5/h14-15H,7-13H2,1-6H3/b16-14+,17-15+. The predicted octanol–water partition coefficient (Wildman–Crippen LogP) is 5.66. The molecule has 0 rings (SSSR count). The van der Waals surface area contributed by atoms with Crippen molar-refractivity contribution in [1.82, 2.24) is 0 Å². The first kappa shape index (κ1) is 20.2. The van der Waals surface area contributed by atoms with Gasteiger partial charge < -0.3 is 4.74 Å². The number of rotatable bonds is 10. The molecule has 2 nitrogen and oxygen atoms in total. The van der Waals surface area contributed by atoms with E-state index in [1.165, 1.54) is 36.5 Å². The Morgan fingerprint density at radius 2 is 1.62 bits per heavy atom. The summed E-state index contributed by atoms with van der Waals surface area (Å²) in [5.41, 5.74) is 4.62. The second kappa shape index (κ2) is 10.8. The van der Waals surface area contributed by atoms with E-state index in [0.29, 0.717) is 6.61 Å². The van der Waals surface area contributed by atoms with Crippen LogP contribution in [-0.2, 0) is 9.53 Å². The molecule has 0 saturated heterocycles. The number of unbranched alkanes of at least 4 members (excludes halogenated alkanes) is 1. The average Bonchev–Trinajstić information content (AvgIpc) is 2.50. The van der Waals surface area contributed by atoms with Crippen LogP contribution in [0.5, 0.6) is 0 Å². The molecule has 122 valence electrons. The molecule has 0 N–H and O–H groups in total. The smallest absolute Gasteiger partial charge is 0.333 e. The lowest BCUT2D eigenvalue weighted by Crippen LogP contribution is -2.29. The molecule has 0 spiro atoms. The van der Waals surface area contributed by atoms with Gasteiger partial charge in [-0.25, -0.2) is 4.79 Å². The second-order valence-corrected chi connectivity index (χ2v) is 10.9. The number of ether oxygens (including phenoxy) is 1. The van der Waals surface area contributed by atoms with E-state index in [1.54, 1.807) is 0 Å². The summed E-state index contributed by atoms with van der Waals surface area (Å²) in [7, 11) is -1.31. The molecule has 0 bridgehead atoms. The zero-order chi connectivity index (χ0) is 16.3. The van der Waals surface area contributed by atoms with Gasteiger partial charge >= 0.3 is 5.97 Å². The minimum Gasteiger partial charge on any atom is -0.463 e. The summed E-state index contributed by atoms with van der Waals surface area (Å²) >= 11 is 0. The summed E-state index contributed by atoms with van der Waals surface area (Å²) in [5.74, 6) is -0.184. The summed E-state index contributed by atoms with van der Waals surface area (Å²) in [6.45, 7) is 13.3. The molecule has 0 aliphatic heterocycles. The molecule has 0 unspecified atom stereocenters. The Balaban J connectivity index is 5.36. The first-order valence-electron chi connectivity index (χ1n) is 8.55. The minimum atomic E-state index is -1.31. The van der Waals surface area contributed by atoms with E-state index < -0.39 is 8.07 Å². The van der Waals surface area contributed by atoms with Crippen LogP contribution in [-0.4, -0.2) is 20.7 Å². The van der Waals surface area contributed by atoms with Crippen LogP contribution in [0.15, 0.2) is 22.9 Å². The molecule has 0 aliphatic rings. The lowest BCUT2D eigenvalue weighted by atomic mass is 10.1. The normalized spacial score (nSPS) is 13.4. The molecule has 0 fully saturated rings. The molecule has 0 aromatic heterocycles. The second-order valence-electron chi connectivity index (χ2n) is 5.79. The fourth-order valence-electron chi connectivity index (χ4n) is 2.60. The molecule has 3 heteroatoms. The van der Waals surface area contributed by atoms with E-state index >= 15 is 0 Å². The molecule has 0 aromatic rings. The highest BCUT2D eigenvalue weighted by atomic mass is 28.3. The summed E-state index contributed by atoms with van der Waals surface area (Å²) in [4.78, 5) is 11.8. The van der Waals surface area contributed by atoms with Crippen LogP contribution >= 0.6 is 0 Å². The van der Waals surface area contributed by atoms with Crippen LogP contribution in [0.1, 0.15) is 60.8 Å². The van der Waals surface area contributed by atoms with E-state index in [4.69, 9.17) is 4.74 Å². The van der Waals surface area contributed by atoms with Gasteiger partial charge in [-0.1, -0.05) is 63.5 Å². The monoisotopic (exact) mass is 310 g/mol. The third-order valence-electron chi connectivity index (χ3n) is 4.42. The van der Waals surface area contributed by atoms with E-state index in [1.807, 2.05) is 13.8 Å². The highest BCUT2D eigenvalue weighted by Crippen LogP contribution is 2.26. The fraction of sp³-hybridized carbons (Fsp3) is 0.722. The highest BCUT2D eigenvalue weighted by Gasteiger charge is 2.24. The third-order valence-corrected chi connectivity index (χ3v) is 9.63. The van der Waals surface area contributed by atoms with Crippen LogP contribution in [0.4, 0.5) is 0 Å². The molecule has 0 aromatic carbocycles. The van der Waals surface area contributed by atoms with Crippen molar-refractivity contribution in [2.45, 2.75) is 78.9 Å². The molecule has 0 heterocycles. The van der Waals surface area contributed by atoms with Gasteiger partial charge in [0, 0.05) is 5.57 Å². The Hall–Kier alpha value is -0.833. The lowest BCUT2D eigenvalue weighted by molar-refractivity contribution is -0.138. The maximum Gasteiger partial charge on any atom is 0.333 e. The highest BCUT2D eigenvalue weighted by molar-refractivity contribution is 6.84. The van der Waals surface area contributed by atoms with Crippen molar-refractivity contribution < 1.29 is 9.53 Å². The van der Waals surface area contributed by atoms with Gasteiger partial charge in [0.25, 0.3) is 0 Å². The molecule has 0 saturated carbocycles. The van der Waals surface area contributed by atoms with Crippen LogP contribution in [0, 0.1) is 0 Å². The molecule has 0 amide bonds. The van der Waals surface area contributed by atoms with Crippen molar-refractivity contribution in [3.8, 4) is 0 Å². The van der Waals surface area contributed by atoms with Gasteiger partial charge in [-0.05, 0) is 32.8 Å². The van der Waals surface area contributed by atoms with Crippen molar-refractivity contribution in [3.05, 3.63) is 22.9 Å². The number of hydrogen-bond acceptors (Lipinski definition) is 2.